The van der Waals surface area contributed by atoms with Crippen LogP contribution in [-0.4, -0.2) is 102 Å². The summed E-state index contributed by atoms with van der Waals surface area (Å²) in [6.45, 7) is 5.69. The number of rotatable bonds is 8. The van der Waals surface area contributed by atoms with Crippen LogP contribution in [0.15, 0.2) is 61.2 Å². The number of anilines is 3. The van der Waals surface area contributed by atoms with Crippen molar-refractivity contribution in [1.82, 2.24) is 29.1 Å². The molecule has 1 aliphatic heterocycles. The lowest BCUT2D eigenvalue weighted by atomic mass is 10.00. The molecule has 0 atom stereocenters. The van der Waals surface area contributed by atoms with Gasteiger partial charge in [-0.3, -0.25) is 4.79 Å². The first kappa shape index (κ1) is 28.1. The number of benzene rings is 1. The number of carbonyl (C=O) groups excluding carboxylic acids is 2. The molecule has 41 heavy (non-hydrogen) atoms. The number of nitrogens with one attached hydrogen (secondary N) is 2. The predicted molar refractivity (Wildman–Crippen MR) is 160 cm³/mol. The summed E-state index contributed by atoms with van der Waals surface area (Å²) < 4.78 is 7.30. The van der Waals surface area contributed by atoms with E-state index < -0.39 is 0 Å². The molecule has 3 amide bonds. The number of ether oxygens (including phenoxy) is 1. The second-order valence-corrected chi connectivity index (χ2v) is 10.4. The van der Waals surface area contributed by atoms with Crippen molar-refractivity contribution in [3.63, 3.8) is 0 Å². The molecule has 4 heterocycles. The van der Waals surface area contributed by atoms with E-state index in [2.05, 4.69) is 20.6 Å². The van der Waals surface area contributed by atoms with Crippen molar-refractivity contribution in [2.45, 2.75) is 6.92 Å². The number of amides is 3. The van der Waals surface area contributed by atoms with Gasteiger partial charge in [0.05, 0.1) is 24.5 Å². The van der Waals surface area contributed by atoms with E-state index in [0.29, 0.717) is 44.2 Å². The number of hydrogen-bond acceptors (Lipinski definition) is 7. The number of urea groups is 1. The van der Waals surface area contributed by atoms with E-state index in [0.717, 1.165) is 40.3 Å². The number of pyridine rings is 2. The summed E-state index contributed by atoms with van der Waals surface area (Å²) in [5.41, 5.74) is 5.70. The van der Waals surface area contributed by atoms with Gasteiger partial charge in [-0.15, -0.1) is 0 Å². The van der Waals surface area contributed by atoms with Gasteiger partial charge in [-0.2, -0.15) is 0 Å². The van der Waals surface area contributed by atoms with Gasteiger partial charge in [-0.05, 0) is 56.4 Å². The lowest BCUT2D eigenvalue weighted by Gasteiger charge is -2.26. The molecule has 0 bridgehead atoms. The van der Waals surface area contributed by atoms with E-state index in [1.165, 1.54) is 0 Å². The van der Waals surface area contributed by atoms with Crippen molar-refractivity contribution in [2.75, 3.05) is 71.2 Å². The van der Waals surface area contributed by atoms with Crippen molar-refractivity contribution < 1.29 is 14.3 Å². The first-order chi connectivity index (χ1) is 19.8. The number of aromatic nitrogens is 3. The fourth-order valence-corrected chi connectivity index (χ4v) is 4.70. The fraction of sp³-hybridized carbons (Fsp3) is 0.333. The number of likely N-dealkylation sites (N-methyl/N-ethyl adjacent to an activating group) is 2. The molecule has 1 aliphatic rings. The number of morpholine rings is 1. The third-order valence-electron chi connectivity index (χ3n) is 7.17. The molecule has 1 aromatic carbocycles. The average molecular weight is 557 g/mol. The van der Waals surface area contributed by atoms with Crippen LogP contribution in [0.3, 0.4) is 0 Å². The zero-order valence-corrected chi connectivity index (χ0v) is 23.9. The van der Waals surface area contributed by atoms with Crippen LogP contribution in [0.4, 0.5) is 22.0 Å². The van der Waals surface area contributed by atoms with Gasteiger partial charge in [0.1, 0.15) is 5.82 Å². The summed E-state index contributed by atoms with van der Waals surface area (Å²) in [5, 5.41) is 6.43. The molecule has 1 fully saturated rings. The summed E-state index contributed by atoms with van der Waals surface area (Å²) in [6, 6.07) is 11.3. The Kier molecular flexibility index (Phi) is 8.46. The highest BCUT2D eigenvalue weighted by Gasteiger charge is 2.19. The van der Waals surface area contributed by atoms with Gasteiger partial charge in [0.25, 0.3) is 5.91 Å². The summed E-state index contributed by atoms with van der Waals surface area (Å²) in [7, 11) is 5.76. The molecule has 0 unspecified atom stereocenters. The second-order valence-electron chi connectivity index (χ2n) is 10.4. The monoisotopic (exact) mass is 556 g/mol. The Labute approximate surface area is 239 Å². The minimum Gasteiger partial charge on any atom is -0.378 e. The number of hydrogen-bond donors (Lipinski definition) is 2. The Balaban J connectivity index is 1.37. The summed E-state index contributed by atoms with van der Waals surface area (Å²) in [5.74, 6) is 0.556. The van der Waals surface area contributed by atoms with Crippen LogP contribution in [0.1, 0.15) is 15.9 Å². The smallest absolute Gasteiger partial charge is 0.321 e. The molecule has 0 aliphatic carbocycles. The maximum absolute atomic E-state index is 12.8. The van der Waals surface area contributed by atoms with Gasteiger partial charge < -0.3 is 34.5 Å². The van der Waals surface area contributed by atoms with Gasteiger partial charge in [-0.25, -0.2) is 14.8 Å². The number of nitrogens with zero attached hydrogens (tertiary/aromatic N) is 6. The van der Waals surface area contributed by atoms with Crippen LogP contribution in [0.25, 0.3) is 16.8 Å². The predicted octanol–water partition coefficient (Wildman–Crippen LogP) is 3.95. The van der Waals surface area contributed by atoms with Gasteiger partial charge in [0, 0.05) is 69.3 Å². The van der Waals surface area contributed by atoms with Crippen molar-refractivity contribution in [1.29, 1.82) is 0 Å². The molecule has 4 aromatic rings. The molecular formula is C30H36N8O3. The molecule has 2 N–H and O–H groups in total. The molecule has 11 heteroatoms. The molecule has 0 radical (unpaired) electrons. The molecule has 11 nitrogen and oxygen atoms in total. The highest BCUT2D eigenvalue weighted by molar-refractivity contribution is 5.94. The van der Waals surface area contributed by atoms with Crippen LogP contribution in [0, 0.1) is 6.92 Å². The topological polar surface area (TPSA) is 107 Å². The Morgan fingerprint density at radius 2 is 1.83 bits per heavy atom. The van der Waals surface area contributed by atoms with E-state index in [9.17, 15) is 9.59 Å². The molecule has 214 valence electrons. The summed E-state index contributed by atoms with van der Waals surface area (Å²) in [4.78, 5) is 40.1. The molecule has 5 rings (SSSR count). The van der Waals surface area contributed by atoms with Crippen molar-refractivity contribution in [2.24, 2.45) is 0 Å². The number of fused-ring (bicyclic) bond motifs is 1. The third kappa shape index (κ3) is 6.47. The summed E-state index contributed by atoms with van der Waals surface area (Å²) in [6.07, 6.45) is 7.25. The highest BCUT2D eigenvalue weighted by Crippen LogP contribution is 2.32. The fourth-order valence-electron chi connectivity index (χ4n) is 4.70. The molecule has 0 saturated carbocycles. The lowest BCUT2D eigenvalue weighted by Crippen LogP contribution is -2.40. The molecule has 0 spiro atoms. The van der Waals surface area contributed by atoms with E-state index >= 15 is 0 Å². The van der Waals surface area contributed by atoms with Crippen LogP contribution in [-0.2, 0) is 4.74 Å². The van der Waals surface area contributed by atoms with E-state index in [1.807, 2.05) is 67.0 Å². The quantitative estimate of drug-likeness (QED) is 0.339. The van der Waals surface area contributed by atoms with E-state index in [1.54, 1.807) is 41.4 Å². The van der Waals surface area contributed by atoms with E-state index in [4.69, 9.17) is 4.74 Å². The highest BCUT2D eigenvalue weighted by atomic mass is 16.5. The standard InChI is InChI=1S/C30H36N8O3/c1-21-24(6-5-7-25(21)34-30(40)36(4)13-12-35(2)3)23-18-26(28-31-10-11-38(28)20-23)33-27-9-8-22(19-32-27)29(39)37-14-16-41-17-15-37/h5-11,18-20H,12-17H2,1-4H3,(H,32,33)(H,34,40). The average Bonchev–Trinajstić information content (AvgIpc) is 3.46. The van der Waals surface area contributed by atoms with Gasteiger partial charge in [0.2, 0.25) is 0 Å². The third-order valence-corrected chi connectivity index (χ3v) is 7.17. The molecular weight excluding hydrogens is 520 g/mol. The van der Waals surface area contributed by atoms with Gasteiger partial charge in [-0.1, -0.05) is 12.1 Å². The number of carbonyl (C=O) groups is 2. The minimum atomic E-state index is -0.152. The van der Waals surface area contributed by atoms with Crippen LogP contribution in [0.2, 0.25) is 0 Å². The van der Waals surface area contributed by atoms with Gasteiger partial charge >= 0.3 is 6.03 Å². The van der Waals surface area contributed by atoms with Gasteiger partial charge in [0.15, 0.2) is 5.65 Å². The minimum absolute atomic E-state index is 0.0451. The Morgan fingerprint density at radius 3 is 2.56 bits per heavy atom. The Hall–Kier alpha value is -4.48. The largest absolute Gasteiger partial charge is 0.378 e. The Bertz CT molecular complexity index is 1530. The molecule has 3 aromatic heterocycles. The zero-order chi connectivity index (χ0) is 28.9. The van der Waals surface area contributed by atoms with E-state index in [-0.39, 0.29) is 11.9 Å². The Morgan fingerprint density at radius 1 is 1.02 bits per heavy atom. The van der Waals surface area contributed by atoms with Crippen LogP contribution in [0.5, 0.6) is 0 Å². The maximum atomic E-state index is 12.8. The van der Waals surface area contributed by atoms with Crippen LogP contribution >= 0.6 is 0 Å². The van der Waals surface area contributed by atoms with Crippen LogP contribution < -0.4 is 10.6 Å². The maximum Gasteiger partial charge on any atom is 0.321 e. The molecule has 1 saturated heterocycles. The lowest BCUT2D eigenvalue weighted by molar-refractivity contribution is 0.0302. The first-order valence-corrected chi connectivity index (χ1v) is 13.6. The summed E-state index contributed by atoms with van der Waals surface area (Å²) >= 11 is 0. The number of imidazole rings is 1. The second kappa shape index (κ2) is 12.4. The van der Waals surface area contributed by atoms with Crippen molar-refractivity contribution in [3.05, 3.63) is 72.3 Å². The normalized spacial score (nSPS) is 13.4. The SMILES string of the molecule is Cc1c(NC(=O)N(C)CCN(C)C)cccc1-c1cc(Nc2ccc(C(=O)N3CCOCC3)cn2)c2nccn2c1. The van der Waals surface area contributed by atoms with Crippen molar-refractivity contribution >= 4 is 34.8 Å². The zero-order valence-electron chi connectivity index (χ0n) is 23.9. The van der Waals surface area contributed by atoms with Crippen molar-refractivity contribution in [3.8, 4) is 11.1 Å². The first-order valence-electron chi connectivity index (χ1n) is 13.6.